The normalized spacial score (nSPS) is 9.56. The highest BCUT2D eigenvalue weighted by molar-refractivity contribution is 5.98. The number of carbonyl (C=O) groups excluding carboxylic acids is 2. The number of hydrogen-bond donors (Lipinski definition) is 2. The third-order valence-corrected chi connectivity index (χ3v) is 1.85. The number of aromatic hydroxyl groups is 1. The van der Waals surface area contributed by atoms with Crippen LogP contribution in [0.2, 0.25) is 0 Å². The number of ether oxygens (including phenoxy) is 1. The minimum Gasteiger partial charge on any atom is -0.507 e. The van der Waals surface area contributed by atoms with Gasteiger partial charge in [-0.25, -0.2) is 0 Å². The molecule has 0 unspecified atom stereocenters. The first-order valence-electron chi connectivity index (χ1n) is 4.87. The van der Waals surface area contributed by atoms with E-state index < -0.39 is 11.9 Å². The highest BCUT2D eigenvalue weighted by Crippen LogP contribution is 2.14. The fourth-order valence-electron chi connectivity index (χ4n) is 1.13. The smallest absolute Gasteiger partial charge is 0.325 e. The lowest BCUT2D eigenvalue weighted by molar-refractivity contribution is -0.141. The lowest BCUT2D eigenvalue weighted by atomic mass is 10.2. The van der Waals surface area contributed by atoms with Crippen LogP contribution in [0.1, 0.15) is 17.3 Å². The molecule has 2 N–H and O–H groups in total. The van der Waals surface area contributed by atoms with Crippen LogP contribution in [-0.4, -0.2) is 30.1 Å². The first kappa shape index (κ1) is 12.0. The molecule has 1 rings (SSSR count). The van der Waals surface area contributed by atoms with Gasteiger partial charge in [0.2, 0.25) is 0 Å². The van der Waals surface area contributed by atoms with Gasteiger partial charge in [-0.2, -0.15) is 0 Å². The zero-order valence-corrected chi connectivity index (χ0v) is 8.90. The van der Waals surface area contributed by atoms with E-state index in [-0.39, 0.29) is 24.5 Å². The summed E-state index contributed by atoms with van der Waals surface area (Å²) in [5.74, 6) is -1.14. The van der Waals surface area contributed by atoms with Crippen molar-refractivity contribution >= 4 is 11.9 Å². The average Bonchev–Trinajstić information content (AvgIpc) is 2.27. The molecule has 0 fully saturated rings. The monoisotopic (exact) mass is 223 g/mol. The molecule has 0 aliphatic rings. The quantitative estimate of drug-likeness (QED) is 0.736. The lowest BCUT2D eigenvalue weighted by Gasteiger charge is -2.05. The number of phenolic OH excluding ortho intramolecular Hbond substituents is 1. The number of rotatable bonds is 4. The van der Waals surface area contributed by atoms with E-state index in [0.29, 0.717) is 0 Å². The van der Waals surface area contributed by atoms with Crippen molar-refractivity contribution in [3.63, 3.8) is 0 Å². The first-order chi connectivity index (χ1) is 7.65. The molecular weight excluding hydrogens is 210 g/mol. The minimum atomic E-state index is -0.508. The molecule has 0 aliphatic carbocycles. The zero-order valence-electron chi connectivity index (χ0n) is 8.90. The summed E-state index contributed by atoms with van der Waals surface area (Å²) in [4.78, 5) is 22.5. The summed E-state index contributed by atoms with van der Waals surface area (Å²) in [6.07, 6.45) is 0. The Bertz CT molecular complexity index is 389. The van der Waals surface area contributed by atoms with Crippen molar-refractivity contribution in [1.29, 1.82) is 0 Å². The standard InChI is InChI=1S/C11H13NO4/c1-2-16-10(14)7-12-11(15)8-5-3-4-6-9(8)13/h3-6,13H,2,7H2,1H3,(H,12,15). The topological polar surface area (TPSA) is 75.6 Å². The van der Waals surface area contributed by atoms with Crippen molar-refractivity contribution in [1.82, 2.24) is 5.32 Å². The average molecular weight is 223 g/mol. The van der Waals surface area contributed by atoms with Crippen LogP contribution in [-0.2, 0) is 9.53 Å². The molecule has 0 saturated heterocycles. The highest BCUT2D eigenvalue weighted by Gasteiger charge is 2.11. The van der Waals surface area contributed by atoms with Gasteiger partial charge in [-0.05, 0) is 19.1 Å². The summed E-state index contributed by atoms with van der Waals surface area (Å²) in [7, 11) is 0. The van der Waals surface area contributed by atoms with Gasteiger partial charge in [-0.1, -0.05) is 12.1 Å². The maximum Gasteiger partial charge on any atom is 0.325 e. The largest absolute Gasteiger partial charge is 0.507 e. The lowest BCUT2D eigenvalue weighted by Crippen LogP contribution is -2.30. The molecule has 0 atom stereocenters. The van der Waals surface area contributed by atoms with Crippen LogP contribution in [0.25, 0.3) is 0 Å². The van der Waals surface area contributed by atoms with Crippen LogP contribution in [0.5, 0.6) is 5.75 Å². The molecule has 16 heavy (non-hydrogen) atoms. The van der Waals surface area contributed by atoms with Crippen molar-refractivity contribution in [2.45, 2.75) is 6.92 Å². The maximum atomic E-state index is 11.5. The predicted molar refractivity (Wildman–Crippen MR) is 57.1 cm³/mol. The van der Waals surface area contributed by atoms with Crippen LogP contribution >= 0.6 is 0 Å². The van der Waals surface area contributed by atoms with Crippen molar-refractivity contribution in [3.8, 4) is 5.75 Å². The Labute approximate surface area is 93.0 Å². The number of phenols is 1. The summed E-state index contributed by atoms with van der Waals surface area (Å²) in [6, 6.07) is 6.10. The molecule has 86 valence electrons. The fourth-order valence-corrected chi connectivity index (χ4v) is 1.13. The Morgan fingerprint density at radius 1 is 1.38 bits per heavy atom. The van der Waals surface area contributed by atoms with Crippen LogP contribution in [0.4, 0.5) is 0 Å². The van der Waals surface area contributed by atoms with Gasteiger partial charge in [-0.15, -0.1) is 0 Å². The van der Waals surface area contributed by atoms with Gasteiger partial charge in [0.25, 0.3) is 5.91 Å². The zero-order chi connectivity index (χ0) is 12.0. The third kappa shape index (κ3) is 3.27. The van der Waals surface area contributed by atoms with E-state index >= 15 is 0 Å². The molecule has 0 radical (unpaired) electrons. The number of esters is 1. The van der Waals surface area contributed by atoms with Gasteiger partial charge in [0.05, 0.1) is 12.2 Å². The molecule has 5 heteroatoms. The van der Waals surface area contributed by atoms with E-state index in [0.717, 1.165) is 0 Å². The van der Waals surface area contributed by atoms with Crippen molar-refractivity contribution in [3.05, 3.63) is 29.8 Å². The molecule has 0 heterocycles. The SMILES string of the molecule is CCOC(=O)CNC(=O)c1ccccc1O. The molecule has 1 amide bonds. The predicted octanol–water partition coefficient (Wildman–Crippen LogP) is 0.685. The number of nitrogens with one attached hydrogen (secondary N) is 1. The molecule has 0 spiro atoms. The van der Waals surface area contributed by atoms with Gasteiger partial charge in [0, 0.05) is 0 Å². The summed E-state index contributed by atoms with van der Waals surface area (Å²) < 4.78 is 4.64. The van der Waals surface area contributed by atoms with E-state index in [2.05, 4.69) is 10.1 Å². The number of para-hydroxylation sites is 1. The summed E-state index contributed by atoms with van der Waals surface area (Å²) in [6.45, 7) is 1.75. The molecule has 0 aromatic heterocycles. The van der Waals surface area contributed by atoms with Crippen LogP contribution < -0.4 is 5.32 Å². The van der Waals surface area contributed by atoms with E-state index in [1.165, 1.54) is 12.1 Å². The van der Waals surface area contributed by atoms with Crippen molar-refractivity contribution in [2.75, 3.05) is 13.2 Å². The Balaban J connectivity index is 2.54. The van der Waals surface area contributed by atoms with Crippen LogP contribution in [0, 0.1) is 0 Å². The third-order valence-electron chi connectivity index (χ3n) is 1.85. The fraction of sp³-hybridized carbons (Fsp3) is 0.273. The molecule has 1 aromatic rings. The second kappa shape index (κ2) is 5.75. The molecule has 1 aromatic carbocycles. The van der Waals surface area contributed by atoms with E-state index in [1.54, 1.807) is 19.1 Å². The Morgan fingerprint density at radius 3 is 2.69 bits per heavy atom. The maximum absolute atomic E-state index is 11.5. The number of hydrogen-bond acceptors (Lipinski definition) is 4. The molecule has 5 nitrogen and oxygen atoms in total. The molecular formula is C11H13NO4. The van der Waals surface area contributed by atoms with Gasteiger partial charge < -0.3 is 15.2 Å². The number of amides is 1. The van der Waals surface area contributed by atoms with Gasteiger partial charge >= 0.3 is 5.97 Å². The van der Waals surface area contributed by atoms with Crippen LogP contribution in [0.15, 0.2) is 24.3 Å². The second-order valence-electron chi connectivity index (χ2n) is 3.00. The Morgan fingerprint density at radius 2 is 2.06 bits per heavy atom. The Kier molecular flexibility index (Phi) is 4.32. The highest BCUT2D eigenvalue weighted by atomic mass is 16.5. The molecule has 0 bridgehead atoms. The van der Waals surface area contributed by atoms with Crippen molar-refractivity contribution < 1.29 is 19.4 Å². The van der Waals surface area contributed by atoms with Gasteiger partial charge in [-0.3, -0.25) is 9.59 Å². The minimum absolute atomic E-state index is 0.121. The first-order valence-corrected chi connectivity index (χ1v) is 4.87. The van der Waals surface area contributed by atoms with E-state index in [4.69, 9.17) is 0 Å². The van der Waals surface area contributed by atoms with Crippen LogP contribution in [0.3, 0.4) is 0 Å². The molecule has 0 saturated carbocycles. The Hall–Kier alpha value is -2.04. The van der Waals surface area contributed by atoms with E-state index in [1.807, 2.05) is 0 Å². The molecule has 0 aliphatic heterocycles. The van der Waals surface area contributed by atoms with Crippen molar-refractivity contribution in [2.24, 2.45) is 0 Å². The number of carbonyl (C=O) groups is 2. The van der Waals surface area contributed by atoms with Gasteiger partial charge in [0.15, 0.2) is 0 Å². The summed E-state index contributed by atoms with van der Waals surface area (Å²) in [5, 5.41) is 11.7. The second-order valence-corrected chi connectivity index (χ2v) is 3.00. The van der Waals surface area contributed by atoms with E-state index in [9.17, 15) is 14.7 Å². The van der Waals surface area contributed by atoms with Gasteiger partial charge in [0.1, 0.15) is 12.3 Å². The summed E-state index contributed by atoms with van der Waals surface area (Å²) >= 11 is 0. The summed E-state index contributed by atoms with van der Waals surface area (Å²) in [5.41, 5.74) is 0.131. The number of benzene rings is 1.